The van der Waals surface area contributed by atoms with Crippen LogP contribution in [0, 0.1) is 0 Å². The van der Waals surface area contributed by atoms with Gasteiger partial charge < -0.3 is 15.1 Å². The molecule has 1 saturated heterocycles. The van der Waals surface area contributed by atoms with Gasteiger partial charge in [-0.3, -0.25) is 9.59 Å². The minimum absolute atomic E-state index is 0.0284. The molecule has 2 amide bonds. The quantitative estimate of drug-likeness (QED) is 0.851. The molecule has 152 valence electrons. The number of amides is 2. The number of nitrogens with one attached hydrogen (secondary N) is 1. The fourth-order valence-corrected chi connectivity index (χ4v) is 4.47. The molecule has 0 spiro atoms. The second-order valence-corrected chi connectivity index (χ2v) is 7.89. The van der Waals surface area contributed by atoms with Crippen LogP contribution in [0.5, 0.6) is 0 Å². The van der Waals surface area contributed by atoms with E-state index in [1.54, 1.807) is 4.90 Å². The lowest BCUT2D eigenvalue weighted by atomic mass is 10.00. The summed E-state index contributed by atoms with van der Waals surface area (Å²) in [7, 11) is 0. The molecule has 1 N–H and O–H groups in total. The van der Waals surface area contributed by atoms with E-state index < -0.39 is 0 Å². The molecule has 0 radical (unpaired) electrons. The Bertz CT molecular complexity index is 852. The van der Waals surface area contributed by atoms with E-state index in [1.165, 1.54) is 11.3 Å². The lowest BCUT2D eigenvalue weighted by molar-refractivity contribution is -0.126. The zero-order valence-electron chi connectivity index (χ0n) is 16.8. The Morgan fingerprint density at radius 1 is 0.931 bits per heavy atom. The van der Waals surface area contributed by atoms with Crippen molar-refractivity contribution in [1.29, 1.82) is 0 Å². The van der Waals surface area contributed by atoms with E-state index in [4.69, 9.17) is 0 Å². The van der Waals surface area contributed by atoms with Gasteiger partial charge in [0.25, 0.3) is 5.91 Å². The van der Waals surface area contributed by atoms with E-state index in [0.717, 1.165) is 45.2 Å². The van der Waals surface area contributed by atoms with E-state index in [2.05, 4.69) is 34.5 Å². The first kappa shape index (κ1) is 19.5. The van der Waals surface area contributed by atoms with Crippen molar-refractivity contribution in [3.05, 3.63) is 65.7 Å². The average Bonchev–Trinajstić information content (AvgIpc) is 2.79. The number of likely N-dealkylation sites (tertiary alicyclic amines) is 1. The fourth-order valence-electron chi connectivity index (χ4n) is 4.47. The number of aryl methyl sites for hydroxylation is 1. The van der Waals surface area contributed by atoms with Gasteiger partial charge in [-0.1, -0.05) is 36.4 Å². The van der Waals surface area contributed by atoms with Crippen molar-refractivity contribution in [3.8, 4) is 0 Å². The maximum absolute atomic E-state index is 12.9. The van der Waals surface area contributed by atoms with Crippen LogP contribution < -0.4 is 10.2 Å². The first-order valence-electron chi connectivity index (χ1n) is 10.7. The molecule has 2 aliphatic heterocycles. The summed E-state index contributed by atoms with van der Waals surface area (Å²) in [5.41, 5.74) is 3.32. The van der Waals surface area contributed by atoms with Crippen LogP contribution in [0.25, 0.3) is 0 Å². The van der Waals surface area contributed by atoms with Crippen LogP contribution in [-0.4, -0.2) is 48.9 Å². The number of carbonyl (C=O) groups is 2. The number of hydrogen-bond acceptors (Lipinski definition) is 3. The maximum atomic E-state index is 12.9. The third kappa shape index (κ3) is 4.44. The van der Waals surface area contributed by atoms with Crippen LogP contribution in [0.15, 0.2) is 54.6 Å². The van der Waals surface area contributed by atoms with Crippen molar-refractivity contribution in [2.75, 3.05) is 31.1 Å². The minimum atomic E-state index is -0.370. The molecule has 0 aliphatic carbocycles. The van der Waals surface area contributed by atoms with Gasteiger partial charge in [0.2, 0.25) is 5.91 Å². The monoisotopic (exact) mass is 391 g/mol. The molecular formula is C24H29N3O2. The topological polar surface area (TPSA) is 52.7 Å². The third-order valence-electron chi connectivity index (χ3n) is 5.97. The summed E-state index contributed by atoms with van der Waals surface area (Å²) in [6.45, 7) is 3.05. The molecule has 5 nitrogen and oxygen atoms in total. The van der Waals surface area contributed by atoms with Crippen molar-refractivity contribution in [1.82, 2.24) is 10.2 Å². The molecule has 4 rings (SSSR count). The summed E-state index contributed by atoms with van der Waals surface area (Å²) < 4.78 is 0. The van der Waals surface area contributed by atoms with Crippen molar-refractivity contribution in [3.63, 3.8) is 0 Å². The van der Waals surface area contributed by atoms with Gasteiger partial charge in [0.05, 0.1) is 0 Å². The van der Waals surface area contributed by atoms with Crippen molar-refractivity contribution in [2.45, 2.75) is 38.1 Å². The van der Waals surface area contributed by atoms with Crippen LogP contribution >= 0.6 is 0 Å². The number of carbonyl (C=O) groups excluding carboxylic acids is 2. The fraction of sp³-hybridized carbons (Fsp3) is 0.417. The molecule has 2 heterocycles. The highest BCUT2D eigenvalue weighted by molar-refractivity contribution is 5.97. The third-order valence-corrected chi connectivity index (χ3v) is 5.97. The number of rotatable bonds is 5. The molecule has 2 aromatic rings. The molecule has 2 aliphatic rings. The van der Waals surface area contributed by atoms with Crippen molar-refractivity contribution in [2.24, 2.45) is 0 Å². The number of benzene rings is 2. The van der Waals surface area contributed by atoms with Gasteiger partial charge in [-0.2, -0.15) is 0 Å². The molecular weight excluding hydrogens is 362 g/mol. The second-order valence-electron chi connectivity index (χ2n) is 7.89. The highest BCUT2D eigenvalue weighted by atomic mass is 16.2. The highest BCUT2D eigenvalue weighted by Crippen LogP contribution is 2.26. The van der Waals surface area contributed by atoms with Crippen molar-refractivity contribution >= 4 is 17.5 Å². The van der Waals surface area contributed by atoms with Gasteiger partial charge in [-0.25, -0.2) is 0 Å². The summed E-state index contributed by atoms with van der Waals surface area (Å²) >= 11 is 0. The molecule has 0 bridgehead atoms. The van der Waals surface area contributed by atoms with Gasteiger partial charge >= 0.3 is 0 Å². The number of nitrogens with zero attached hydrogens (tertiary/aromatic N) is 2. The maximum Gasteiger partial charge on any atom is 0.254 e. The Hall–Kier alpha value is -2.82. The summed E-state index contributed by atoms with van der Waals surface area (Å²) in [6.07, 6.45) is 4.94. The van der Waals surface area contributed by atoms with E-state index in [0.29, 0.717) is 18.7 Å². The van der Waals surface area contributed by atoms with E-state index in [1.807, 2.05) is 30.3 Å². The van der Waals surface area contributed by atoms with Gasteiger partial charge in [0.1, 0.15) is 6.04 Å². The molecule has 2 aromatic carbocycles. The average molecular weight is 392 g/mol. The zero-order chi connectivity index (χ0) is 20.1. The van der Waals surface area contributed by atoms with Crippen LogP contribution in [0.1, 0.15) is 41.6 Å². The van der Waals surface area contributed by atoms with Crippen LogP contribution in [0.2, 0.25) is 0 Å². The Morgan fingerprint density at radius 3 is 2.59 bits per heavy atom. The summed E-state index contributed by atoms with van der Waals surface area (Å²) in [4.78, 5) is 29.9. The Kier molecular flexibility index (Phi) is 6.13. The van der Waals surface area contributed by atoms with E-state index >= 15 is 0 Å². The predicted octanol–water partition coefficient (Wildman–Crippen LogP) is 3.25. The molecule has 5 heteroatoms. The summed E-state index contributed by atoms with van der Waals surface area (Å²) in [5.74, 6) is -0.0744. The Balaban J connectivity index is 1.35. The SMILES string of the molecule is O=C(NCCN1CCCc2ccccc21)[C@@H]1CCCCN1C(=O)c1ccccc1. The normalized spacial score (nSPS) is 18.8. The molecule has 1 fully saturated rings. The van der Waals surface area contributed by atoms with Gasteiger partial charge in [0, 0.05) is 37.4 Å². The van der Waals surface area contributed by atoms with E-state index in [9.17, 15) is 9.59 Å². The summed E-state index contributed by atoms with van der Waals surface area (Å²) in [5, 5.41) is 3.09. The van der Waals surface area contributed by atoms with Crippen LogP contribution in [-0.2, 0) is 11.2 Å². The van der Waals surface area contributed by atoms with Crippen LogP contribution in [0.4, 0.5) is 5.69 Å². The van der Waals surface area contributed by atoms with Gasteiger partial charge in [-0.05, 0) is 55.9 Å². The predicted molar refractivity (Wildman–Crippen MR) is 115 cm³/mol. The van der Waals surface area contributed by atoms with Crippen LogP contribution in [0.3, 0.4) is 0 Å². The first-order chi connectivity index (χ1) is 14.2. The van der Waals surface area contributed by atoms with Crippen molar-refractivity contribution < 1.29 is 9.59 Å². The molecule has 0 unspecified atom stereocenters. The lowest BCUT2D eigenvalue weighted by Gasteiger charge is -2.35. The van der Waals surface area contributed by atoms with E-state index in [-0.39, 0.29) is 17.9 Å². The van der Waals surface area contributed by atoms with Gasteiger partial charge in [-0.15, -0.1) is 0 Å². The molecule has 0 saturated carbocycles. The Labute approximate surface area is 172 Å². The number of hydrogen-bond donors (Lipinski definition) is 1. The highest BCUT2D eigenvalue weighted by Gasteiger charge is 2.32. The second kappa shape index (κ2) is 9.12. The number of fused-ring (bicyclic) bond motifs is 1. The number of para-hydroxylation sites is 1. The molecule has 0 aromatic heterocycles. The number of piperidine rings is 1. The molecule has 29 heavy (non-hydrogen) atoms. The number of anilines is 1. The minimum Gasteiger partial charge on any atom is -0.370 e. The first-order valence-corrected chi connectivity index (χ1v) is 10.7. The zero-order valence-corrected chi connectivity index (χ0v) is 16.8. The standard InChI is InChI=1S/C24H29N3O2/c28-23(25-15-18-26-16-8-12-19-9-4-5-13-21(19)26)22-14-6-7-17-27(22)24(29)20-10-2-1-3-11-20/h1-5,9-11,13,22H,6-8,12,14-18H2,(H,25,28)/t22-/m0/s1. The smallest absolute Gasteiger partial charge is 0.254 e. The molecule has 1 atom stereocenters. The largest absolute Gasteiger partial charge is 0.370 e. The van der Waals surface area contributed by atoms with Gasteiger partial charge in [0.15, 0.2) is 0 Å². The Morgan fingerprint density at radius 2 is 1.72 bits per heavy atom. The summed E-state index contributed by atoms with van der Waals surface area (Å²) in [6, 6.07) is 17.4. The lowest BCUT2D eigenvalue weighted by Crippen LogP contribution is -2.52.